The number of benzene rings is 1. The lowest BCUT2D eigenvalue weighted by molar-refractivity contribution is -0.134. The zero-order chi connectivity index (χ0) is 20.6. The van der Waals surface area contributed by atoms with Crippen LogP contribution in [0.25, 0.3) is 0 Å². The quantitative estimate of drug-likeness (QED) is 0.758. The van der Waals surface area contributed by atoms with E-state index in [9.17, 15) is 19.2 Å². The Hall–Kier alpha value is -2.90. The van der Waals surface area contributed by atoms with Crippen molar-refractivity contribution in [1.82, 2.24) is 20.7 Å². The summed E-state index contributed by atoms with van der Waals surface area (Å²) >= 11 is 0. The molecular formula is C21H26N4O4. The van der Waals surface area contributed by atoms with Crippen LogP contribution in [0.4, 0.5) is 4.79 Å². The number of urea groups is 1. The highest BCUT2D eigenvalue weighted by atomic mass is 16.2. The van der Waals surface area contributed by atoms with E-state index in [0.29, 0.717) is 37.3 Å². The van der Waals surface area contributed by atoms with Crippen molar-refractivity contribution >= 4 is 23.8 Å². The van der Waals surface area contributed by atoms with Crippen molar-refractivity contribution in [1.29, 1.82) is 0 Å². The molecule has 2 saturated heterocycles. The van der Waals surface area contributed by atoms with Crippen LogP contribution >= 0.6 is 0 Å². The van der Waals surface area contributed by atoms with Crippen molar-refractivity contribution < 1.29 is 19.2 Å². The molecular weight excluding hydrogens is 372 g/mol. The number of carbonyl (C=O) groups is 4. The summed E-state index contributed by atoms with van der Waals surface area (Å²) < 4.78 is 0. The van der Waals surface area contributed by atoms with Gasteiger partial charge in [0.15, 0.2) is 0 Å². The van der Waals surface area contributed by atoms with Crippen LogP contribution in [0.1, 0.15) is 61.4 Å². The van der Waals surface area contributed by atoms with Gasteiger partial charge in [-0.15, -0.1) is 0 Å². The Bertz CT molecular complexity index is 843. The number of hydrogen-bond acceptors (Lipinski definition) is 4. The third-order valence-electron chi connectivity index (χ3n) is 6.26. The first-order chi connectivity index (χ1) is 13.9. The Morgan fingerprint density at radius 1 is 1.17 bits per heavy atom. The predicted molar refractivity (Wildman–Crippen MR) is 104 cm³/mol. The molecule has 2 aliphatic heterocycles. The fraction of sp³-hybridized carbons (Fsp3) is 0.524. The van der Waals surface area contributed by atoms with Gasteiger partial charge in [-0.05, 0) is 55.7 Å². The molecule has 8 heteroatoms. The second-order valence-corrected chi connectivity index (χ2v) is 8.39. The maximum Gasteiger partial charge on any atom is 0.344 e. The van der Waals surface area contributed by atoms with Gasteiger partial charge >= 0.3 is 6.03 Å². The molecule has 29 heavy (non-hydrogen) atoms. The molecule has 0 unspecified atom stereocenters. The van der Waals surface area contributed by atoms with Gasteiger partial charge in [-0.2, -0.15) is 5.01 Å². The molecule has 1 spiro atoms. The lowest BCUT2D eigenvalue weighted by Crippen LogP contribution is -2.51. The highest BCUT2D eigenvalue weighted by Gasteiger charge is 2.52. The summed E-state index contributed by atoms with van der Waals surface area (Å²) in [4.78, 5) is 51.3. The van der Waals surface area contributed by atoms with Gasteiger partial charge in [-0.1, -0.05) is 19.1 Å². The first kappa shape index (κ1) is 19.4. The topological polar surface area (TPSA) is 98.8 Å². The molecule has 0 bridgehead atoms. The zero-order valence-corrected chi connectivity index (χ0v) is 16.6. The predicted octanol–water partition coefficient (Wildman–Crippen LogP) is 1.95. The molecule has 4 rings (SSSR count). The second kappa shape index (κ2) is 7.50. The molecule has 1 aromatic rings. The van der Waals surface area contributed by atoms with Crippen LogP contribution in [0.5, 0.6) is 0 Å². The number of hydrazine groups is 1. The molecule has 2 N–H and O–H groups in total. The number of imide groups is 1. The minimum atomic E-state index is -0.886. The van der Waals surface area contributed by atoms with Crippen molar-refractivity contribution in [2.45, 2.75) is 57.5 Å². The van der Waals surface area contributed by atoms with Crippen LogP contribution in [-0.4, -0.2) is 45.7 Å². The van der Waals surface area contributed by atoms with E-state index in [2.05, 4.69) is 17.7 Å². The van der Waals surface area contributed by atoms with Crippen molar-refractivity contribution in [3.63, 3.8) is 0 Å². The largest absolute Gasteiger partial charge is 0.344 e. The molecule has 5 amide bonds. The van der Waals surface area contributed by atoms with Crippen molar-refractivity contribution in [3.05, 3.63) is 35.4 Å². The summed E-state index contributed by atoms with van der Waals surface area (Å²) in [6.45, 7) is 3.42. The van der Waals surface area contributed by atoms with Gasteiger partial charge in [-0.25, -0.2) is 4.79 Å². The van der Waals surface area contributed by atoms with Gasteiger partial charge in [0.2, 0.25) is 5.91 Å². The number of amides is 5. The van der Waals surface area contributed by atoms with E-state index in [1.165, 1.54) is 0 Å². The molecule has 2 heterocycles. The molecule has 1 aromatic carbocycles. The van der Waals surface area contributed by atoms with E-state index in [1.807, 2.05) is 0 Å². The Kier molecular flexibility index (Phi) is 5.02. The molecule has 1 aliphatic carbocycles. The number of nitrogens with one attached hydrogen (secondary N) is 2. The zero-order valence-electron chi connectivity index (χ0n) is 16.6. The Morgan fingerprint density at radius 2 is 1.86 bits per heavy atom. The molecule has 0 atom stereocenters. The third-order valence-corrected chi connectivity index (χ3v) is 6.26. The normalized spacial score (nSPS) is 26.9. The number of rotatable bonds is 4. The highest BCUT2D eigenvalue weighted by Crippen LogP contribution is 2.35. The highest BCUT2D eigenvalue weighted by molar-refractivity contribution is 6.09. The van der Waals surface area contributed by atoms with Crippen molar-refractivity contribution in [2.24, 2.45) is 5.92 Å². The molecule has 3 fully saturated rings. The van der Waals surface area contributed by atoms with Gasteiger partial charge in [0.25, 0.3) is 11.8 Å². The summed E-state index contributed by atoms with van der Waals surface area (Å²) in [5.74, 6) is -0.217. The fourth-order valence-electron chi connectivity index (χ4n) is 4.33. The minimum Gasteiger partial charge on any atom is -0.338 e. The summed E-state index contributed by atoms with van der Waals surface area (Å²) in [5.41, 5.74) is 2.84. The molecule has 154 valence electrons. The SMILES string of the molecule is CC1CCC2(CC1)NC(=O)N(NC(=O)c1ccc(CN3CCCC3=O)cc1)C2=O. The standard InChI is InChI=1S/C21H26N4O4/c1-14-8-10-21(11-9-14)19(28)25(20(29)22-21)23-18(27)16-6-4-15(5-7-16)13-24-12-2-3-17(24)26/h4-7,14H,2-3,8-13H2,1H3,(H,22,29)(H,23,27). The van der Waals surface area contributed by atoms with Gasteiger partial charge in [0, 0.05) is 25.1 Å². The van der Waals surface area contributed by atoms with Crippen LogP contribution in [0.15, 0.2) is 24.3 Å². The minimum absolute atomic E-state index is 0.149. The van der Waals surface area contributed by atoms with Crippen LogP contribution in [-0.2, 0) is 16.1 Å². The summed E-state index contributed by atoms with van der Waals surface area (Å²) in [6.07, 6.45) is 4.39. The summed E-state index contributed by atoms with van der Waals surface area (Å²) in [6, 6.07) is 6.28. The van der Waals surface area contributed by atoms with Crippen LogP contribution in [0, 0.1) is 5.92 Å². The molecule has 0 aromatic heterocycles. The fourth-order valence-corrected chi connectivity index (χ4v) is 4.33. The van der Waals surface area contributed by atoms with Gasteiger partial charge in [0.05, 0.1) is 0 Å². The Morgan fingerprint density at radius 3 is 2.48 bits per heavy atom. The number of nitrogens with zero attached hydrogens (tertiary/aromatic N) is 2. The average Bonchev–Trinajstić information content (AvgIpc) is 3.21. The van der Waals surface area contributed by atoms with Gasteiger partial charge < -0.3 is 10.2 Å². The number of carbonyl (C=O) groups excluding carboxylic acids is 4. The molecule has 3 aliphatic rings. The number of likely N-dealkylation sites (tertiary alicyclic amines) is 1. The smallest absolute Gasteiger partial charge is 0.338 e. The van der Waals surface area contributed by atoms with E-state index < -0.39 is 17.5 Å². The van der Waals surface area contributed by atoms with Crippen LogP contribution in [0.3, 0.4) is 0 Å². The lowest BCUT2D eigenvalue weighted by atomic mass is 9.77. The van der Waals surface area contributed by atoms with Crippen molar-refractivity contribution in [2.75, 3.05) is 6.54 Å². The Balaban J connectivity index is 1.39. The van der Waals surface area contributed by atoms with E-state index >= 15 is 0 Å². The van der Waals surface area contributed by atoms with Gasteiger partial charge in [-0.3, -0.25) is 19.8 Å². The van der Waals surface area contributed by atoms with Crippen LogP contribution < -0.4 is 10.7 Å². The first-order valence-corrected chi connectivity index (χ1v) is 10.2. The lowest BCUT2D eigenvalue weighted by Gasteiger charge is -2.33. The monoisotopic (exact) mass is 398 g/mol. The molecule has 8 nitrogen and oxygen atoms in total. The van der Waals surface area contributed by atoms with E-state index in [-0.39, 0.29) is 11.8 Å². The van der Waals surface area contributed by atoms with E-state index in [4.69, 9.17) is 0 Å². The molecule has 0 radical (unpaired) electrons. The van der Waals surface area contributed by atoms with E-state index in [1.54, 1.807) is 29.2 Å². The van der Waals surface area contributed by atoms with Crippen molar-refractivity contribution in [3.8, 4) is 0 Å². The van der Waals surface area contributed by atoms with Crippen LogP contribution in [0.2, 0.25) is 0 Å². The maximum atomic E-state index is 12.8. The summed E-state index contributed by atoms with van der Waals surface area (Å²) in [7, 11) is 0. The average molecular weight is 398 g/mol. The Labute approximate surface area is 169 Å². The first-order valence-electron chi connectivity index (χ1n) is 10.2. The maximum absolute atomic E-state index is 12.8. The second-order valence-electron chi connectivity index (χ2n) is 8.39. The van der Waals surface area contributed by atoms with Gasteiger partial charge in [0.1, 0.15) is 5.54 Å². The summed E-state index contributed by atoms with van der Waals surface area (Å²) in [5, 5.41) is 3.60. The number of hydrogen-bond donors (Lipinski definition) is 2. The third kappa shape index (κ3) is 3.71. The molecule has 1 saturated carbocycles. The van der Waals surface area contributed by atoms with E-state index in [0.717, 1.165) is 36.4 Å².